The molecule has 0 bridgehead atoms. The molecule has 0 amide bonds. The Morgan fingerprint density at radius 2 is 1.94 bits per heavy atom. The van der Waals surface area contributed by atoms with Crippen molar-refractivity contribution in [2.24, 2.45) is 0 Å². The van der Waals surface area contributed by atoms with E-state index in [4.69, 9.17) is 9.84 Å². The minimum absolute atomic E-state index is 0.00428. The number of Topliss-reactive ketones (excluding diaryl/α,β-unsaturated/α-hetero) is 1. The maximum Gasteiger partial charge on any atom is 0.269 e. The minimum Gasteiger partial charge on any atom is -0.496 e. The molecule has 156 valence electrons. The Balaban J connectivity index is 1.66. The van der Waals surface area contributed by atoms with Crippen LogP contribution in [-0.4, -0.2) is 32.6 Å². The third kappa shape index (κ3) is 3.14. The second-order valence-electron chi connectivity index (χ2n) is 7.45. The first-order valence-corrected chi connectivity index (χ1v) is 9.94. The van der Waals surface area contributed by atoms with E-state index in [-0.39, 0.29) is 11.5 Å². The van der Waals surface area contributed by atoms with Crippen LogP contribution in [0.3, 0.4) is 0 Å². The number of nitro benzene ring substituents is 1. The Morgan fingerprint density at radius 1 is 1.16 bits per heavy atom. The molecule has 3 aromatic rings. The number of rotatable bonds is 4. The molecule has 9 nitrogen and oxygen atoms in total. The van der Waals surface area contributed by atoms with E-state index in [1.165, 1.54) is 12.1 Å². The number of hydrogen-bond acceptors (Lipinski definition) is 7. The van der Waals surface area contributed by atoms with Crippen molar-refractivity contribution in [3.63, 3.8) is 0 Å². The van der Waals surface area contributed by atoms with Gasteiger partial charge in [0.2, 0.25) is 5.95 Å². The summed E-state index contributed by atoms with van der Waals surface area (Å²) >= 11 is 0. The average Bonchev–Trinajstić information content (AvgIpc) is 3.21. The largest absolute Gasteiger partial charge is 0.496 e. The Bertz CT molecular complexity index is 1230. The van der Waals surface area contributed by atoms with Gasteiger partial charge in [0.05, 0.1) is 17.6 Å². The minimum atomic E-state index is -0.504. The van der Waals surface area contributed by atoms with E-state index in [0.717, 1.165) is 29.7 Å². The molecule has 0 radical (unpaired) electrons. The molecule has 1 aromatic heterocycles. The number of fused-ring (bicyclic) bond motifs is 1. The summed E-state index contributed by atoms with van der Waals surface area (Å²) < 4.78 is 7.14. The third-order valence-electron chi connectivity index (χ3n) is 5.64. The summed E-state index contributed by atoms with van der Waals surface area (Å²) in [5.41, 5.74) is 2.96. The van der Waals surface area contributed by atoms with Crippen molar-refractivity contribution < 1.29 is 14.5 Å². The highest BCUT2D eigenvalue weighted by molar-refractivity contribution is 5.99. The summed E-state index contributed by atoms with van der Waals surface area (Å²) in [4.78, 5) is 28.2. The summed E-state index contributed by atoms with van der Waals surface area (Å²) in [6, 6.07) is 13.2. The highest BCUT2D eigenvalue weighted by atomic mass is 16.6. The number of anilines is 1. The Labute approximate surface area is 177 Å². The first-order chi connectivity index (χ1) is 15.1. The first-order valence-electron chi connectivity index (χ1n) is 9.94. The summed E-state index contributed by atoms with van der Waals surface area (Å²) in [6.07, 6.45) is 1.97. The number of para-hydroxylation sites is 1. The van der Waals surface area contributed by atoms with E-state index >= 15 is 0 Å². The van der Waals surface area contributed by atoms with Gasteiger partial charge in [0, 0.05) is 29.8 Å². The lowest BCUT2D eigenvalue weighted by Gasteiger charge is -2.32. The van der Waals surface area contributed by atoms with Gasteiger partial charge in [0.25, 0.3) is 5.69 Å². The van der Waals surface area contributed by atoms with Crippen LogP contribution in [0.2, 0.25) is 0 Å². The Kier molecular flexibility index (Phi) is 4.50. The van der Waals surface area contributed by atoms with Crippen LogP contribution in [0.5, 0.6) is 5.75 Å². The van der Waals surface area contributed by atoms with Crippen LogP contribution in [-0.2, 0) is 4.79 Å². The number of methoxy groups -OCH3 is 1. The van der Waals surface area contributed by atoms with Gasteiger partial charge in [-0.1, -0.05) is 12.1 Å². The van der Waals surface area contributed by atoms with E-state index in [1.54, 1.807) is 23.9 Å². The number of carbonyl (C=O) groups is 1. The predicted octanol–water partition coefficient (Wildman–Crippen LogP) is 3.88. The summed E-state index contributed by atoms with van der Waals surface area (Å²) in [5, 5.41) is 19.1. The fourth-order valence-corrected chi connectivity index (χ4v) is 4.19. The molecule has 1 N–H and O–H groups in total. The van der Waals surface area contributed by atoms with Crippen LogP contribution in [0, 0.1) is 10.1 Å². The predicted molar refractivity (Wildman–Crippen MR) is 113 cm³/mol. The molecule has 1 aliphatic carbocycles. The van der Waals surface area contributed by atoms with Crippen molar-refractivity contribution in [2.75, 3.05) is 12.4 Å². The molecule has 0 saturated carbocycles. The Hall–Kier alpha value is -4.01. The highest BCUT2D eigenvalue weighted by Gasteiger charge is 2.37. The molecule has 1 unspecified atom stereocenters. The zero-order valence-corrected chi connectivity index (χ0v) is 16.7. The second-order valence-corrected chi connectivity index (χ2v) is 7.45. The molecule has 2 aromatic carbocycles. The van der Waals surface area contributed by atoms with Gasteiger partial charge >= 0.3 is 0 Å². The number of hydrogen-bond donors (Lipinski definition) is 1. The molecular weight excluding hydrogens is 398 g/mol. The lowest BCUT2D eigenvalue weighted by Crippen LogP contribution is -2.31. The number of nitro groups is 1. The van der Waals surface area contributed by atoms with Crippen molar-refractivity contribution in [1.29, 1.82) is 0 Å². The molecule has 0 saturated heterocycles. The molecule has 5 rings (SSSR count). The van der Waals surface area contributed by atoms with Gasteiger partial charge in [-0.25, -0.2) is 4.68 Å². The summed E-state index contributed by atoms with van der Waals surface area (Å²) in [6.45, 7) is 0. The smallest absolute Gasteiger partial charge is 0.269 e. The number of ketones is 1. The fraction of sp³-hybridized carbons (Fsp3) is 0.227. The molecule has 0 spiro atoms. The normalized spacial score (nSPS) is 17.6. The summed E-state index contributed by atoms with van der Waals surface area (Å²) in [5.74, 6) is 1.69. The number of aromatic nitrogens is 3. The quantitative estimate of drug-likeness (QED) is 0.506. The number of carbonyl (C=O) groups excluding carboxylic acids is 1. The van der Waals surface area contributed by atoms with Gasteiger partial charge < -0.3 is 10.1 Å². The third-order valence-corrected chi connectivity index (χ3v) is 5.64. The number of nitrogens with one attached hydrogen (secondary N) is 1. The van der Waals surface area contributed by atoms with Crippen LogP contribution >= 0.6 is 0 Å². The SMILES string of the molecule is COc1ccccc1-c1nc2n(n1)C(c1ccc([N+](=O)[O-])cc1)C1=C(CCCC1=O)N2. The van der Waals surface area contributed by atoms with Gasteiger partial charge in [0.15, 0.2) is 11.6 Å². The van der Waals surface area contributed by atoms with E-state index in [0.29, 0.717) is 29.5 Å². The van der Waals surface area contributed by atoms with Crippen LogP contribution in [0.15, 0.2) is 59.8 Å². The van der Waals surface area contributed by atoms with E-state index in [2.05, 4.69) is 10.3 Å². The molecule has 31 heavy (non-hydrogen) atoms. The molecule has 0 fully saturated rings. The van der Waals surface area contributed by atoms with E-state index < -0.39 is 11.0 Å². The molecular formula is C22H19N5O4. The van der Waals surface area contributed by atoms with E-state index in [9.17, 15) is 14.9 Å². The molecule has 1 atom stereocenters. The lowest BCUT2D eigenvalue weighted by molar-refractivity contribution is -0.384. The maximum atomic E-state index is 12.9. The van der Waals surface area contributed by atoms with Crippen molar-refractivity contribution in [1.82, 2.24) is 14.8 Å². The van der Waals surface area contributed by atoms with Crippen LogP contribution in [0.4, 0.5) is 11.6 Å². The average molecular weight is 417 g/mol. The molecule has 2 heterocycles. The number of nitrogens with zero attached hydrogens (tertiary/aromatic N) is 4. The van der Waals surface area contributed by atoms with Crippen molar-refractivity contribution in [2.45, 2.75) is 25.3 Å². The fourth-order valence-electron chi connectivity index (χ4n) is 4.19. The monoisotopic (exact) mass is 417 g/mol. The molecule has 2 aliphatic rings. The van der Waals surface area contributed by atoms with Crippen molar-refractivity contribution >= 4 is 17.4 Å². The topological polar surface area (TPSA) is 112 Å². The van der Waals surface area contributed by atoms with Gasteiger partial charge in [-0.05, 0) is 42.7 Å². The molecule has 9 heteroatoms. The van der Waals surface area contributed by atoms with Crippen molar-refractivity contribution in [3.05, 3.63) is 75.5 Å². The van der Waals surface area contributed by atoms with Crippen LogP contribution in [0.1, 0.15) is 30.9 Å². The van der Waals surface area contributed by atoms with Gasteiger partial charge in [-0.3, -0.25) is 14.9 Å². The van der Waals surface area contributed by atoms with Gasteiger partial charge in [-0.15, -0.1) is 5.10 Å². The van der Waals surface area contributed by atoms with Gasteiger partial charge in [-0.2, -0.15) is 4.98 Å². The number of benzene rings is 2. The van der Waals surface area contributed by atoms with Crippen LogP contribution < -0.4 is 10.1 Å². The zero-order valence-electron chi connectivity index (χ0n) is 16.7. The Morgan fingerprint density at radius 3 is 2.68 bits per heavy atom. The highest BCUT2D eigenvalue weighted by Crippen LogP contribution is 2.41. The maximum absolute atomic E-state index is 12.9. The first kappa shape index (κ1) is 19.0. The number of ether oxygens (including phenoxy) is 1. The molecule has 1 aliphatic heterocycles. The van der Waals surface area contributed by atoms with E-state index in [1.807, 2.05) is 24.3 Å². The standard InChI is InChI=1S/C22H19N5O4/c1-31-18-8-3-2-5-15(18)21-24-22-23-16-6-4-7-17(28)19(16)20(26(22)25-21)13-9-11-14(12-10-13)27(29)30/h2-3,5,8-12,20H,4,6-7H2,1H3,(H,23,24,25). The summed E-state index contributed by atoms with van der Waals surface area (Å²) in [7, 11) is 1.59. The van der Waals surface area contributed by atoms with Crippen LogP contribution in [0.25, 0.3) is 11.4 Å². The zero-order chi connectivity index (χ0) is 21.5. The number of non-ortho nitro benzene ring substituents is 1. The lowest BCUT2D eigenvalue weighted by atomic mass is 9.85. The van der Waals surface area contributed by atoms with Crippen molar-refractivity contribution in [3.8, 4) is 17.1 Å². The second kappa shape index (κ2) is 7.35. The van der Waals surface area contributed by atoms with Gasteiger partial charge in [0.1, 0.15) is 11.8 Å². The number of allylic oxidation sites excluding steroid dienone is 2.